The highest BCUT2D eigenvalue weighted by Crippen LogP contribution is 2.15. The first kappa shape index (κ1) is 18.5. The summed E-state index contributed by atoms with van der Waals surface area (Å²) in [6.45, 7) is 4.09. The van der Waals surface area contributed by atoms with Gasteiger partial charge in [0.05, 0.1) is 12.6 Å². The first-order chi connectivity index (χ1) is 12.6. The van der Waals surface area contributed by atoms with Crippen molar-refractivity contribution in [2.75, 3.05) is 44.6 Å². The lowest BCUT2D eigenvalue weighted by atomic mass is 10.1. The second-order valence-corrected chi connectivity index (χ2v) is 6.56. The zero-order valence-electron chi connectivity index (χ0n) is 14.6. The molecule has 3 rings (SSSR count). The van der Waals surface area contributed by atoms with Crippen LogP contribution in [0.4, 0.5) is 10.1 Å². The van der Waals surface area contributed by atoms with E-state index < -0.39 is 6.10 Å². The van der Waals surface area contributed by atoms with Crippen LogP contribution in [0.5, 0.6) is 0 Å². The van der Waals surface area contributed by atoms with Crippen molar-refractivity contribution < 1.29 is 14.3 Å². The molecule has 6 heteroatoms. The minimum atomic E-state index is -0.496. The van der Waals surface area contributed by atoms with Crippen LogP contribution < -0.4 is 5.32 Å². The Morgan fingerprint density at radius 2 is 1.62 bits per heavy atom. The number of aliphatic hydroxyl groups is 1. The van der Waals surface area contributed by atoms with Crippen LogP contribution in [0.15, 0.2) is 54.6 Å². The third-order valence-electron chi connectivity index (χ3n) is 4.58. The van der Waals surface area contributed by atoms with Gasteiger partial charge in [0.25, 0.3) is 0 Å². The van der Waals surface area contributed by atoms with Crippen LogP contribution in [0, 0.1) is 5.82 Å². The molecule has 1 fully saturated rings. The smallest absolute Gasteiger partial charge is 0.238 e. The number of amides is 1. The first-order valence-corrected chi connectivity index (χ1v) is 8.83. The van der Waals surface area contributed by atoms with Gasteiger partial charge in [-0.05, 0) is 29.8 Å². The van der Waals surface area contributed by atoms with Gasteiger partial charge in [-0.2, -0.15) is 0 Å². The molecule has 0 bridgehead atoms. The van der Waals surface area contributed by atoms with Crippen LogP contribution in [-0.2, 0) is 4.79 Å². The first-order valence-electron chi connectivity index (χ1n) is 8.83. The van der Waals surface area contributed by atoms with E-state index in [1.807, 2.05) is 30.3 Å². The Balaban J connectivity index is 1.40. The van der Waals surface area contributed by atoms with Gasteiger partial charge in [0.15, 0.2) is 0 Å². The minimum Gasteiger partial charge on any atom is -0.387 e. The summed E-state index contributed by atoms with van der Waals surface area (Å²) in [7, 11) is 0. The van der Waals surface area contributed by atoms with Crippen LogP contribution in [0.2, 0.25) is 0 Å². The molecule has 2 aromatic rings. The number of rotatable bonds is 6. The number of aliphatic hydroxyl groups excluding tert-OH is 1. The molecule has 0 radical (unpaired) electrons. The molecule has 0 aliphatic carbocycles. The number of β-amino-alcohol motifs (C(OH)–C–C–N with tert-alkyl or cyclic N) is 1. The third-order valence-corrected chi connectivity index (χ3v) is 4.58. The van der Waals surface area contributed by atoms with Crippen LogP contribution in [-0.4, -0.2) is 60.1 Å². The van der Waals surface area contributed by atoms with E-state index in [4.69, 9.17) is 0 Å². The lowest BCUT2D eigenvalue weighted by Gasteiger charge is -2.35. The summed E-state index contributed by atoms with van der Waals surface area (Å²) >= 11 is 0. The average Bonchev–Trinajstić information content (AvgIpc) is 2.66. The second-order valence-electron chi connectivity index (χ2n) is 6.56. The van der Waals surface area contributed by atoms with Gasteiger partial charge in [0.2, 0.25) is 5.91 Å². The molecule has 138 valence electrons. The van der Waals surface area contributed by atoms with E-state index in [9.17, 15) is 14.3 Å². The van der Waals surface area contributed by atoms with Gasteiger partial charge in [-0.25, -0.2) is 4.39 Å². The molecule has 1 amide bonds. The summed E-state index contributed by atoms with van der Waals surface area (Å²) in [5.41, 5.74) is 1.52. The van der Waals surface area contributed by atoms with Crippen molar-refractivity contribution in [2.45, 2.75) is 6.10 Å². The maximum Gasteiger partial charge on any atom is 0.238 e. The van der Waals surface area contributed by atoms with Crippen LogP contribution in [0.1, 0.15) is 11.7 Å². The lowest BCUT2D eigenvalue weighted by Crippen LogP contribution is -2.49. The largest absolute Gasteiger partial charge is 0.387 e. The summed E-state index contributed by atoms with van der Waals surface area (Å²) in [5, 5.41) is 13.1. The number of nitrogens with zero attached hydrogens (tertiary/aromatic N) is 2. The Kier molecular flexibility index (Phi) is 6.33. The van der Waals surface area contributed by atoms with Gasteiger partial charge in [-0.1, -0.05) is 30.3 Å². The summed E-state index contributed by atoms with van der Waals surface area (Å²) in [6, 6.07) is 15.4. The molecular formula is C20H24FN3O2. The quantitative estimate of drug-likeness (QED) is 0.832. The zero-order chi connectivity index (χ0) is 18.4. The summed E-state index contributed by atoms with van der Waals surface area (Å²) in [5.74, 6) is -0.425. The summed E-state index contributed by atoms with van der Waals surface area (Å²) in [6.07, 6.45) is -0.496. The van der Waals surface area contributed by atoms with Crippen molar-refractivity contribution in [3.8, 4) is 0 Å². The second kappa shape index (κ2) is 8.89. The van der Waals surface area contributed by atoms with Crippen molar-refractivity contribution in [3.63, 3.8) is 0 Å². The molecule has 1 saturated heterocycles. The number of benzene rings is 2. The standard InChI is InChI=1S/C20H24FN3O2/c21-17-6-8-18(9-7-17)22-20(26)15-24-12-10-23(11-13-24)14-19(25)16-4-2-1-3-5-16/h1-9,19,25H,10-15H2,(H,22,26). The fourth-order valence-electron chi connectivity index (χ4n) is 3.09. The van der Waals surface area contributed by atoms with Gasteiger partial charge in [-0.15, -0.1) is 0 Å². The van der Waals surface area contributed by atoms with Crippen molar-refractivity contribution in [2.24, 2.45) is 0 Å². The van der Waals surface area contributed by atoms with E-state index in [0.717, 1.165) is 31.7 Å². The van der Waals surface area contributed by atoms with Gasteiger partial charge in [0.1, 0.15) is 5.82 Å². The molecule has 2 N–H and O–H groups in total. The lowest BCUT2D eigenvalue weighted by molar-refractivity contribution is -0.117. The molecule has 2 aromatic carbocycles. The SMILES string of the molecule is O=C(CN1CCN(CC(O)c2ccccc2)CC1)Nc1ccc(F)cc1. The molecule has 26 heavy (non-hydrogen) atoms. The van der Waals surface area contributed by atoms with Crippen molar-refractivity contribution in [1.29, 1.82) is 0 Å². The Morgan fingerprint density at radius 3 is 2.27 bits per heavy atom. The summed E-state index contributed by atoms with van der Waals surface area (Å²) in [4.78, 5) is 16.4. The number of piperazine rings is 1. The monoisotopic (exact) mass is 357 g/mol. The number of hydrogen-bond donors (Lipinski definition) is 2. The zero-order valence-corrected chi connectivity index (χ0v) is 14.6. The molecule has 0 saturated carbocycles. The van der Waals surface area contributed by atoms with Crippen LogP contribution >= 0.6 is 0 Å². The highest BCUT2D eigenvalue weighted by molar-refractivity contribution is 5.92. The van der Waals surface area contributed by atoms with Gasteiger partial charge < -0.3 is 10.4 Å². The fourth-order valence-corrected chi connectivity index (χ4v) is 3.09. The highest BCUT2D eigenvalue weighted by atomic mass is 19.1. The minimum absolute atomic E-state index is 0.102. The molecule has 1 aliphatic heterocycles. The molecular weight excluding hydrogens is 333 g/mol. The predicted molar refractivity (Wildman–Crippen MR) is 99.3 cm³/mol. The fraction of sp³-hybridized carbons (Fsp3) is 0.350. The number of halogens is 1. The van der Waals surface area contributed by atoms with E-state index in [0.29, 0.717) is 18.8 Å². The van der Waals surface area contributed by atoms with Crippen molar-refractivity contribution in [1.82, 2.24) is 9.80 Å². The van der Waals surface area contributed by atoms with Gasteiger partial charge in [-0.3, -0.25) is 14.6 Å². The number of carbonyl (C=O) groups excluding carboxylic acids is 1. The molecule has 1 heterocycles. The van der Waals surface area contributed by atoms with E-state index in [1.165, 1.54) is 12.1 Å². The molecule has 1 atom stereocenters. The Bertz CT molecular complexity index is 701. The topological polar surface area (TPSA) is 55.8 Å². The van der Waals surface area contributed by atoms with Gasteiger partial charge >= 0.3 is 0 Å². The van der Waals surface area contributed by atoms with Crippen LogP contribution in [0.3, 0.4) is 0 Å². The van der Waals surface area contributed by atoms with E-state index in [2.05, 4.69) is 15.1 Å². The van der Waals surface area contributed by atoms with E-state index >= 15 is 0 Å². The molecule has 0 spiro atoms. The van der Waals surface area contributed by atoms with Crippen LogP contribution in [0.25, 0.3) is 0 Å². The van der Waals surface area contributed by atoms with Crippen molar-refractivity contribution in [3.05, 3.63) is 66.0 Å². The van der Waals surface area contributed by atoms with Crippen molar-refractivity contribution >= 4 is 11.6 Å². The highest BCUT2D eigenvalue weighted by Gasteiger charge is 2.21. The molecule has 1 aliphatic rings. The summed E-state index contributed by atoms with van der Waals surface area (Å²) < 4.78 is 12.9. The normalized spacial score (nSPS) is 17.0. The number of anilines is 1. The van der Waals surface area contributed by atoms with E-state index in [1.54, 1.807) is 12.1 Å². The predicted octanol–water partition coefficient (Wildman–Crippen LogP) is 2.12. The number of nitrogens with one attached hydrogen (secondary N) is 1. The Labute approximate surface area is 153 Å². The maximum atomic E-state index is 12.9. The van der Waals surface area contributed by atoms with E-state index in [-0.39, 0.29) is 11.7 Å². The Morgan fingerprint density at radius 1 is 1.00 bits per heavy atom. The Hall–Kier alpha value is -2.28. The molecule has 0 aromatic heterocycles. The molecule has 1 unspecified atom stereocenters. The van der Waals surface area contributed by atoms with Gasteiger partial charge in [0, 0.05) is 38.4 Å². The maximum absolute atomic E-state index is 12.9. The number of carbonyl (C=O) groups is 1. The third kappa shape index (κ3) is 5.36. The molecule has 5 nitrogen and oxygen atoms in total. The average molecular weight is 357 g/mol. The number of hydrogen-bond acceptors (Lipinski definition) is 4.